The maximum absolute atomic E-state index is 5.90. The van der Waals surface area contributed by atoms with Crippen LogP contribution >= 0.6 is 12.2 Å². The van der Waals surface area contributed by atoms with Gasteiger partial charge in [0.05, 0.1) is 11.7 Å². The first-order valence-electron chi connectivity index (χ1n) is 11.5. The van der Waals surface area contributed by atoms with Crippen LogP contribution in [0.5, 0.6) is 0 Å². The average molecular weight is 468 g/mol. The first kappa shape index (κ1) is 22.2. The molecule has 2 aromatic carbocycles. The number of benzene rings is 2. The van der Waals surface area contributed by atoms with Crippen molar-refractivity contribution in [3.05, 3.63) is 108 Å². The van der Waals surface area contributed by atoms with Crippen molar-refractivity contribution in [3.63, 3.8) is 0 Å². The average Bonchev–Trinajstić information content (AvgIpc) is 3.46. The molecule has 0 amide bonds. The molecule has 0 bridgehead atoms. The molecule has 3 heterocycles. The fraction of sp³-hybridized carbons (Fsp3) is 0.214. The third-order valence-corrected chi connectivity index (χ3v) is 6.91. The predicted molar refractivity (Wildman–Crippen MR) is 144 cm³/mol. The highest BCUT2D eigenvalue weighted by molar-refractivity contribution is 7.80. The Morgan fingerprint density at radius 2 is 1.65 bits per heavy atom. The standard InChI is InChI=1S/C28H29N5S/c1-19-10-11-23(18-20(19)2)33-27(26(30-28(33)34)24-8-5-6-16-29-24)25-9-7-17-32(25)22-14-12-21(13-15-22)31(3)4/h5-18,26-27H,1-4H3,(H,30,34)/t26-,27-/m1/s1. The minimum Gasteiger partial charge on any atom is -0.378 e. The zero-order valence-electron chi connectivity index (χ0n) is 19.9. The van der Waals surface area contributed by atoms with Crippen molar-refractivity contribution in [2.75, 3.05) is 23.9 Å². The molecule has 5 nitrogen and oxygen atoms in total. The topological polar surface area (TPSA) is 36.3 Å². The number of aromatic nitrogens is 2. The number of nitrogens with zero attached hydrogens (tertiary/aromatic N) is 4. The Morgan fingerprint density at radius 1 is 0.882 bits per heavy atom. The Kier molecular flexibility index (Phi) is 5.84. The van der Waals surface area contributed by atoms with Gasteiger partial charge in [-0.3, -0.25) is 4.98 Å². The molecule has 2 aromatic heterocycles. The van der Waals surface area contributed by atoms with E-state index in [-0.39, 0.29) is 12.1 Å². The van der Waals surface area contributed by atoms with Crippen molar-refractivity contribution < 1.29 is 0 Å². The molecule has 6 heteroatoms. The van der Waals surface area contributed by atoms with E-state index < -0.39 is 0 Å². The van der Waals surface area contributed by atoms with Crippen molar-refractivity contribution in [1.82, 2.24) is 14.9 Å². The summed E-state index contributed by atoms with van der Waals surface area (Å²) >= 11 is 5.90. The molecule has 0 unspecified atom stereocenters. The largest absolute Gasteiger partial charge is 0.378 e. The van der Waals surface area contributed by atoms with E-state index in [1.54, 1.807) is 0 Å². The number of hydrogen-bond donors (Lipinski definition) is 1. The molecule has 172 valence electrons. The molecule has 2 atom stereocenters. The molecule has 34 heavy (non-hydrogen) atoms. The molecular weight excluding hydrogens is 438 g/mol. The lowest BCUT2D eigenvalue weighted by molar-refractivity contribution is 0.549. The van der Waals surface area contributed by atoms with Crippen molar-refractivity contribution in [2.24, 2.45) is 0 Å². The van der Waals surface area contributed by atoms with Crippen molar-refractivity contribution >= 4 is 28.7 Å². The summed E-state index contributed by atoms with van der Waals surface area (Å²) < 4.78 is 2.25. The SMILES string of the molecule is Cc1ccc(N2C(=S)N[C@H](c3ccccn3)[C@H]2c2cccn2-c2ccc(N(C)C)cc2)cc1C. The van der Waals surface area contributed by atoms with Crippen molar-refractivity contribution in [1.29, 1.82) is 0 Å². The third kappa shape index (κ3) is 3.94. The Hall–Kier alpha value is -3.64. The van der Waals surface area contributed by atoms with Crippen LogP contribution in [0.15, 0.2) is 85.2 Å². The van der Waals surface area contributed by atoms with Gasteiger partial charge in [0.1, 0.15) is 6.04 Å². The van der Waals surface area contributed by atoms with Crippen LogP contribution < -0.4 is 15.1 Å². The van der Waals surface area contributed by atoms with Crippen LogP contribution in [0, 0.1) is 13.8 Å². The summed E-state index contributed by atoms with van der Waals surface area (Å²) in [6, 6.07) is 25.3. The number of hydrogen-bond acceptors (Lipinski definition) is 3. The van der Waals surface area contributed by atoms with Gasteiger partial charge >= 0.3 is 0 Å². The highest BCUT2D eigenvalue weighted by Gasteiger charge is 2.42. The van der Waals surface area contributed by atoms with E-state index in [0.29, 0.717) is 5.11 Å². The fourth-order valence-electron chi connectivity index (χ4n) is 4.59. The smallest absolute Gasteiger partial charge is 0.174 e. The van der Waals surface area contributed by atoms with E-state index in [4.69, 9.17) is 12.2 Å². The molecule has 0 radical (unpaired) electrons. The third-order valence-electron chi connectivity index (χ3n) is 6.59. The monoisotopic (exact) mass is 467 g/mol. The summed E-state index contributed by atoms with van der Waals surface area (Å²) in [6.45, 7) is 4.28. The minimum absolute atomic E-state index is 0.0620. The first-order chi connectivity index (χ1) is 16.4. The Bertz CT molecular complexity index is 1310. The number of thiocarbonyl (C=S) groups is 1. The number of pyridine rings is 1. The van der Waals surface area contributed by atoms with Gasteiger partial charge in [0.2, 0.25) is 0 Å². The van der Waals surface area contributed by atoms with Gasteiger partial charge in [0, 0.05) is 49.2 Å². The predicted octanol–water partition coefficient (Wildman–Crippen LogP) is 5.73. The Morgan fingerprint density at radius 3 is 2.32 bits per heavy atom. The van der Waals surface area contributed by atoms with Crippen LogP contribution in [0.3, 0.4) is 0 Å². The summed E-state index contributed by atoms with van der Waals surface area (Å²) in [5, 5.41) is 4.28. The lowest BCUT2D eigenvalue weighted by atomic mass is 10.00. The molecule has 0 saturated carbocycles. The van der Waals surface area contributed by atoms with Crippen LogP contribution in [0.2, 0.25) is 0 Å². The van der Waals surface area contributed by atoms with E-state index in [1.807, 2.05) is 18.3 Å². The van der Waals surface area contributed by atoms with Crippen LogP contribution in [0.4, 0.5) is 11.4 Å². The van der Waals surface area contributed by atoms with Gasteiger partial charge in [0.15, 0.2) is 5.11 Å². The van der Waals surface area contributed by atoms with Gasteiger partial charge in [-0.1, -0.05) is 12.1 Å². The van der Waals surface area contributed by atoms with E-state index in [9.17, 15) is 0 Å². The van der Waals surface area contributed by atoms with Gasteiger partial charge < -0.3 is 19.7 Å². The highest BCUT2D eigenvalue weighted by Crippen LogP contribution is 2.42. The fourth-order valence-corrected chi connectivity index (χ4v) is 4.94. The summed E-state index contributed by atoms with van der Waals surface area (Å²) in [7, 11) is 4.11. The zero-order chi connectivity index (χ0) is 23.8. The molecule has 0 aliphatic carbocycles. The van der Waals surface area contributed by atoms with Gasteiger partial charge in [0.25, 0.3) is 0 Å². The van der Waals surface area contributed by atoms with E-state index >= 15 is 0 Å². The van der Waals surface area contributed by atoms with Crippen molar-refractivity contribution in [3.8, 4) is 5.69 Å². The van der Waals surface area contributed by atoms with Crippen LogP contribution in [0.25, 0.3) is 5.69 Å². The molecule has 1 N–H and O–H groups in total. The normalized spacial score (nSPS) is 17.6. The first-order valence-corrected chi connectivity index (χ1v) is 11.9. The summed E-state index contributed by atoms with van der Waals surface area (Å²) in [6.07, 6.45) is 3.96. The van der Waals surface area contributed by atoms with E-state index in [1.165, 1.54) is 16.8 Å². The summed E-state index contributed by atoms with van der Waals surface area (Å²) in [4.78, 5) is 9.03. The molecular formula is C28H29N5S. The second kappa shape index (κ2) is 8.95. The second-order valence-electron chi connectivity index (χ2n) is 8.98. The molecule has 1 aliphatic rings. The molecule has 1 aliphatic heterocycles. The maximum Gasteiger partial charge on any atom is 0.174 e. The zero-order valence-corrected chi connectivity index (χ0v) is 20.8. The number of anilines is 2. The summed E-state index contributed by atoms with van der Waals surface area (Å²) in [5.74, 6) is 0. The Balaban J connectivity index is 1.64. The minimum atomic E-state index is -0.0787. The van der Waals surface area contributed by atoms with Gasteiger partial charge in [-0.25, -0.2) is 0 Å². The van der Waals surface area contributed by atoms with Gasteiger partial charge in [-0.15, -0.1) is 0 Å². The number of nitrogens with one attached hydrogen (secondary N) is 1. The van der Waals surface area contributed by atoms with Crippen LogP contribution in [-0.2, 0) is 0 Å². The molecule has 1 saturated heterocycles. The van der Waals surface area contributed by atoms with Crippen molar-refractivity contribution in [2.45, 2.75) is 25.9 Å². The molecule has 4 aromatic rings. The van der Waals surface area contributed by atoms with E-state index in [2.05, 4.69) is 119 Å². The van der Waals surface area contributed by atoms with E-state index in [0.717, 1.165) is 22.8 Å². The second-order valence-corrected chi connectivity index (χ2v) is 9.37. The van der Waals surface area contributed by atoms with Crippen LogP contribution in [0.1, 0.15) is 34.6 Å². The maximum atomic E-state index is 5.90. The molecule has 0 spiro atoms. The highest BCUT2D eigenvalue weighted by atomic mass is 32.1. The van der Waals surface area contributed by atoms with Gasteiger partial charge in [-0.05, 0) is 97.9 Å². The lowest BCUT2D eigenvalue weighted by Crippen LogP contribution is -2.30. The molecule has 5 rings (SSSR count). The van der Waals surface area contributed by atoms with Gasteiger partial charge in [-0.2, -0.15) is 0 Å². The summed E-state index contributed by atoms with van der Waals surface area (Å²) in [5.41, 5.74) is 8.00. The quantitative estimate of drug-likeness (QED) is 0.379. The number of aryl methyl sites for hydroxylation is 2. The molecule has 1 fully saturated rings. The van der Waals surface area contributed by atoms with Crippen LogP contribution in [-0.4, -0.2) is 28.8 Å². The Labute approximate surface area is 206 Å². The number of rotatable bonds is 5. The lowest BCUT2D eigenvalue weighted by Gasteiger charge is -2.29.